The molecule has 0 spiro atoms. The summed E-state index contributed by atoms with van der Waals surface area (Å²) in [6.45, 7) is 4.18. The van der Waals surface area contributed by atoms with Crippen LogP contribution in [0.4, 0.5) is 0 Å². The molecule has 4 aromatic rings. The number of aryl methyl sites for hydroxylation is 2. The van der Waals surface area contributed by atoms with Crippen molar-refractivity contribution in [2.45, 2.75) is 24.8 Å². The van der Waals surface area contributed by atoms with Gasteiger partial charge >= 0.3 is 0 Å². The van der Waals surface area contributed by atoms with E-state index in [0.717, 1.165) is 26.7 Å². The van der Waals surface area contributed by atoms with Crippen LogP contribution in [-0.2, 0) is 5.75 Å². The Bertz CT molecular complexity index is 1050. The molecule has 126 valence electrons. The highest BCUT2D eigenvalue weighted by atomic mass is 79.9. The van der Waals surface area contributed by atoms with Gasteiger partial charge in [0.1, 0.15) is 5.65 Å². The summed E-state index contributed by atoms with van der Waals surface area (Å²) in [5.41, 5.74) is 5.34. The van der Waals surface area contributed by atoms with E-state index in [-0.39, 0.29) is 0 Å². The molecule has 25 heavy (non-hydrogen) atoms. The highest BCUT2D eigenvalue weighted by Gasteiger charge is 2.11. The Kier molecular flexibility index (Phi) is 4.30. The van der Waals surface area contributed by atoms with Crippen LogP contribution in [0.3, 0.4) is 0 Å². The second kappa shape index (κ2) is 6.61. The van der Waals surface area contributed by atoms with E-state index in [2.05, 4.69) is 62.4 Å². The summed E-state index contributed by atoms with van der Waals surface area (Å²) in [6, 6.07) is 10.2. The largest absolute Gasteiger partial charge is 0.306 e. The lowest BCUT2D eigenvalue weighted by Gasteiger charge is -2.06. The second-order valence-electron chi connectivity index (χ2n) is 5.78. The lowest BCUT2D eigenvalue weighted by molar-refractivity contribution is 0.755. The number of tetrazole rings is 1. The van der Waals surface area contributed by atoms with Crippen molar-refractivity contribution in [2.75, 3.05) is 0 Å². The van der Waals surface area contributed by atoms with Gasteiger partial charge in [-0.3, -0.25) is 0 Å². The molecule has 4 rings (SSSR count). The summed E-state index contributed by atoms with van der Waals surface area (Å²) in [5.74, 6) is 0.699. The predicted octanol–water partition coefficient (Wildman–Crippen LogP) is 3.98. The Morgan fingerprint density at radius 1 is 1.08 bits per heavy atom. The first-order chi connectivity index (χ1) is 12.1. The molecule has 0 aliphatic rings. The van der Waals surface area contributed by atoms with E-state index in [4.69, 9.17) is 0 Å². The Labute approximate surface area is 157 Å². The van der Waals surface area contributed by atoms with Gasteiger partial charge in [-0.25, -0.2) is 4.98 Å². The van der Waals surface area contributed by atoms with Crippen LogP contribution in [0.15, 0.2) is 52.4 Å². The van der Waals surface area contributed by atoms with Crippen molar-refractivity contribution in [3.05, 3.63) is 64.0 Å². The Morgan fingerprint density at radius 3 is 2.80 bits per heavy atom. The highest BCUT2D eigenvalue weighted by Crippen LogP contribution is 2.23. The molecule has 0 saturated heterocycles. The Hall–Kier alpha value is -2.19. The van der Waals surface area contributed by atoms with E-state index in [9.17, 15) is 0 Å². The third-order valence-corrected chi connectivity index (χ3v) is 5.41. The molecule has 0 N–H and O–H groups in total. The fourth-order valence-corrected chi connectivity index (χ4v) is 3.64. The molecule has 0 unspecified atom stereocenters. The number of imidazole rings is 1. The summed E-state index contributed by atoms with van der Waals surface area (Å²) < 4.78 is 4.80. The summed E-state index contributed by atoms with van der Waals surface area (Å²) in [4.78, 5) is 4.62. The van der Waals surface area contributed by atoms with Crippen LogP contribution < -0.4 is 0 Å². The molecular weight excluding hydrogens is 400 g/mol. The van der Waals surface area contributed by atoms with Gasteiger partial charge in [0, 0.05) is 22.6 Å². The zero-order valence-electron chi connectivity index (χ0n) is 13.7. The first-order valence-electron chi connectivity index (χ1n) is 7.72. The maximum Gasteiger partial charge on any atom is 0.214 e. The number of hydrogen-bond acceptors (Lipinski definition) is 5. The molecule has 0 fully saturated rings. The number of aromatic nitrogens is 6. The molecule has 0 aliphatic heterocycles. The SMILES string of the molecule is Cc1ccc(-n2nnnc2SCc2cn3cc(Br)ccc3n2)cc1C. The molecule has 0 amide bonds. The maximum absolute atomic E-state index is 4.62. The van der Waals surface area contributed by atoms with Gasteiger partial charge < -0.3 is 4.40 Å². The molecule has 0 bridgehead atoms. The van der Waals surface area contributed by atoms with Gasteiger partial charge in [-0.05, 0) is 75.6 Å². The average Bonchev–Trinajstić information content (AvgIpc) is 3.21. The van der Waals surface area contributed by atoms with Crippen molar-refractivity contribution in [3.63, 3.8) is 0 Å². The minimum absolute atomic E-state index is 0.699. The van der Waals surface area contributed by atoms with E-state index < -0.39 is 0 Å². The third kappa shape index (κ3) is 3.32. The minimum Gasteiger partial charge on any atom is -0.306 e. The van der Waals surface area contributed by atoms with Gasteiger partial charge in [0.2, 0.25) is 5.16 Å². The monoisotopic (exact) mass is 414 g/mol. The first kappa shape index (κ1) is 16.3. The molecule has 0 saturated carbocycles. The highest BCUT2D eigenvalue weighted by molar-refractivity contribution is 9.10. The van der Waals surface area contributed by atoms with Crippen molar-refractivity contribution < 1.29 is 0 Å². The van der Waals surface area contributed by atoms with Crippen LogP contribution in [0.1, 0.15) is 16.8 Å². The fraction of sp³-hybridized carbons (Fsp3) is 0.176. The van der Waals surface area contributed by atoms with Crippen molar-refractivity contribution in [1.82, 2.24) is 29.6 Å². The van der Waals surface area contributed by atoms with Crippen LogP contribution in [0.25, 0.3) is 11.3 Å². The van der Waals surface area contributed by atoms with Crippen LogP contribution in [0.2, 0.25) is 0 Å². The molecule has 0 radical (unpaired) electrons. The first-order valence-corrected chi connectivity index (χ1v) is 9.50. The zero-order chi connectivity index (χ0) is 17.4. The van der Waals surface area contributed by atoms with Crippen molar-refractivity contribution >= 4 is 33.3 Å². The number of hydrogen-bond donors (Lipinski definition) is 0. The number of nitrogens with zero attached hydrogens (tertiary/aromatic N) is 6. The number of thioether (sulfide) groups is 1. The number of fused-ring (bicyclic) bond motifs is 1. The third-order valence-electron chi connectivity index (χ3n) is 3.99. The number of pyridine rings is 1. The van der Waals surface area contributed by atoms with E-state index in [1.54, 1.807) is 16.4 Å². The summed E-state index contributed by atoms with van der Waals surface area (Å²) >= 11 is 5.05. The molecule has 1 aromatic carbocycles. The van der Waals surface area contributed by atoms with Gasteiger partial charge in [0.05, 0.1) is 11.4 Å². The van der Waals surface area contributed by atoms with Gasteiger partial charge in [-0.1, -0.05) is 17.8 Å². The molecule has 0 atom stereocenters. The Morgan fingerprint density at radius 2 is 1.96 bits per heavy atom. The number of benzene rings is 1. The maximum atomic E-state index is 4.62. The second-order valence-corrected chi connectivity index (χ2v) is 7.63. The Balaban J connectivity index is 1.57. The minimum atomic E-state index is 0.699. The summed E-state index contributed by atoms with van der Waals surface area (Å²) in [6.07, 6.45) is 4.02. The average molecular weight is 415 g/mol. The molecular formula is C17H15BrN6S. The van der Waals surface area contributed by atoms with Crippen LogP contribution in [0, 0.1) is 13.8 Å². The lowest BCUT2D eigenvalue weighted by Crippen LogP contribution is -2.00. The standard InChI is InChI=1S/C17H15BrN6S/c1-11-3-5-15(7-12(11)2)24-17(20-21-22-24)25-10-14-9-23-8-13(18)4-6-16(23)19-14/h3-9H,10H2,1-2H3. The van der Waals surface area contributed by atoms with E-state index in [1.165, 1.54) is 11.1 Å². The smallest absolute Gasteiger partial charge is 0.214 e. The van der Waals surface area contributed by atoms with Gasteiger partial charge in [0.25, 0.3) is 0 Å². The summed E-state index contributed by atoms with van der Waals surface area (Å²) in [5, 5.41) is 12.9. The number of rotatable bonds is 4. The lowest BCUT2D eigenvalue weighted by atomic mass is 10.1. The molecule has 6 nitrogen and oxygen atoms in total. The van der Waals surface area contributed by atoms with Crippen molar-refractivity contribution in [2.24, 2.45) is 0 Å². The van der Waals surface area contributed by atoms with Crippen LogP contribution >= 0.6 is 27.7 Å². The van der Waals surface area contributed by atoms with Crippen LogP contribution in [-0.4, -0.2) is 29.6 Å². The molecule has 3 heterocycles. The van der Waals surface area contributed by atoms with E-state index in [0.29, 0.717) is 5.75 Å². The molecule has 3 aromatic heterocycles. The van der Waals surface area contributed by atoms with Crippen molar-refractivity contribution in [1.29, 1.82) is 0 Å². The van der Waals surface area contributed by atoms with E-state index >= 15 is 0 Å². The van der Waals surface area contributed by atoms with Gasteiger partial charge in [0.15, 0.2) is 0 Å². The topological polar surface area (TPSA) is 60.9 Å². The quantitative estimate of drug-likeness (QED) is 0.472. The molecule has 8 heteroatoms. The van der Waals surface area contributed by atoms with Crippen LogP contribution in [0.5, 0.6) is 0 Å². The van der Waals surface area contributed by atoms with E-state index in [1.807, 2.05) is 35.0 Å². The van der Waals surface area contributed by atoms with Gasteiger partial charge in [-0.15, -0.1) is 5.10 Å². The summed E-state index contributed by atoms with van der Waals surface area (Å²) in [7, 11) is 0. The number of halogens is 1. The fourth-order valence-electron chi connectivity index (χ4n) is 2.51. The van der Waals surface area contributed by atoms with Gasteiger partial charge in [-0.2, -0.15) is 4.68 Å². The molecule has 0 aliphatic carbocycles. The normalized spacial score (nSPS) is 11.3. The predicted molar refractivity (Wildman–Crippen MR) is 101 cm³/mol. The van der Waals surface area contributed by atoms with Crippen molar-refractivity contribution in [3.8, 4) is 5.69 Å². The zero-order valence-corrected chi connectivity index (χ0v) is 16.1.